The van der Waals surface area contributed by atoms with Gasteiger partial charge in [-0.15, -0.1) is 0 Å². The second-order valence-electron chi connectivity index (χ2n) is 16.2. The number of methoxy groups -OCH3 is 1. The van der Waals surface area contributed by atoms with Crippen molar-refractivity contribution in [1.82, 2.24) is 9.97 Å². The van der Waals surface area contributed by atoms with Crippen LogP contribution in [0.15, 0.2) is 95.0 Å². The summed E-state index contributed by atoms with van der Waals surface area (Å²) in [6.07, 6.45) is 9.15. The molecule has 9 rings (SSSR count). The Hall–Kier alpha value is -5.29. The summed E-state index contributed by atoms with van der Waals surface area (Å²) in [4.78, 5) is 57.4. The largest absolute Gasteiger partial charge is 0.504 e. The molecule has 1 saturated heterocycles. The van der Waals surface area contributed by atoms with Gasteiger partial charge in [0.25, 0.3) is 0 Å². The summed E-state index contributed by atoms with van der Waals surface area (Å²) in [5, 5.41) is 13.8. The van der Waals surface area contributed by atoms with Crippen LogP contribution in [-0.4, -0.2) is 57.3 Å². The summed E-state index contributed by atoms with van der Waals surface area (Å²) in [5.41, 5.74) is 1.08. The van der Waals surface area contributed by atoms with E-state index in [1.54, 1.807) is 42.7 Å². The van der Waals surface area contributed by atoms with Crippen molar-refractivity contribution in [3.8, 4) is 0 Å². The monoisotopic (exact) mass is 717 g/mol. The van der Waals surface area contributed by atoms with Crippen molar-refractivity contribution < 1.29 is 38.2 Å². The average Bonchev–Trinajstić information content (AvgIpc) is 3.41. The van der Waals surface area contributed by atoms with Gasteiger partial charge in [0.2, 0.25) is 11.7 Å². The third kappa shape index (κ3) is 4.65. The first-order valence-corrected chi connectivity index (χ1v) is 18.0. The molecule has 7 atom stereocenters. The SMILES string of the molecule is CC1(C)C(=O)C=CC2(C)C1=C(O)C(=O)C1(C)C2CCC2(C)C(c3ccoc3)CC3OC321.COC(=O)Nc1nc2ccc(C(=O)c3ccccc3)cc2[nH]1. The van der Waals surface area contributed by atoms with E-state index in [1.807, 2.05) is 57.4 Å². The van der Waals surface area contributed by atoms with Gasteiger partial charge in [-0.3, -0.25) is 19.7 Å². The number of aliphatic hydroxyl groups is 1. The van der Waals surface area contributed by atoms with Crippen LogP contribution in [0.4, 0.5) is 10.7 Å². The molecular formula is C42H43N3O8. The first kappa shape index (κ1) is 34.8. The lowest BCUT2D eigenvalue weighted by Gasteiger charge is -2.62. The number of ether oxygens (including phenoxy) is 2. The Balaban J connectivity index is 0.000000161. The number of nitrogens with one attached hydrogen (secondary N) is 2. The van der Waals surface area contributed by atoms with E-state index in [9.17, 15) is 24.3 Å². The Morgan fingerprint density at radius 3 is 2.47 bits per heavy atom. The number of amides is 1. The molecule has 0 radical (unpaired) electrons. The number of epoxide rings is 1. The Morgan fingerprint density at radius 2 is 1.77 bits per heavy atom. The maximum absolute atomic E-state index is 14.0. The number of aliphatic hydroxyl groups excluding tert-OH is 1. The first-order valence-electron chi connectivity index (χ1n) is 18.0. The number of anilines is 1. The van der Waals surface area contributed by atoms with Gasteiger partial charge in [0, 0.05) is 22.0 Å². The van der Waals surface area contributed by atoms with Crippen molar-refractivity contribution in [3.05, 3.63) is 107 Å². The zero-order chi connectivity index (χ0) is 37.7. The fourth-order valence-corrected chi connectivity index (χ4v) is 10.9. The van der Waals surface area contributed by atoms with Gasteiger partial charge in [-0.2, -0.15) is 0 Å². The number of carbonyl (C=O) groups excluding carboxylic acids is 4. The highest BCUT2D eigenvalue weighted by Gasteiger charge is 2.87. The highest BCUT2D eigenvalue weighted by molar-refractivity contribution is 6.10. The van der Waals surface area contributed by atoms with Gasteiger partial charge in [-0.25, -0.2) is 9.78 Å². The number of carbonyl (C=O) groups is 4. The number of hydrogen-bond acceptors (Lipinski definition) is 9. The van der Waals surface area contributed by atoms with Gasteiger partial charge in [0.1, 0.15) is 5.60 Å². The molecule has 11 heteroatoms. The topological polar surface area (TPSA) is 164 Å². The third-order valence-corrected chi connectivity index (χ3v) is 13.4. The Kier molecular flexibility index (Phi) is 7.61. The van der Waals surface area contributed by atoms with E-state index >= 15 is 0 Å². The number of fused-ring (bicyclic) bond motifs is 4. The molecule has 2 aromatic carbocycles. The standard InChI is InChI=1S/C26H30O5.C16H13N3O3/c1-22(2)17(27)7-9-23(3)16-6-10-24(4)15(14-8-11-30-13-14)12-18-26(24,31-18)25(16,5)21(29)19(28)20(22)23;1-22-16(21)19-15-17-12-8-7-11(9-13(12)18-15)14(20)10-5-3-2-4-6-10/h7-9,11,13,15-16,18,28H,6,10,12H2,1-5H3;2-9H,1H3,(H2,17,18,19,21). The van der Waals surface area contributed by atoms with Gasteiger partial charge < -0.3 is 24.0 Å². The molecule has 7 unspecified atom stereocenters. The highest BCUT2D eigenvalue weighted by Crippen LogP contribution is 2.81. The maximum atomic E-state index is 14.0. The zero-order valence-corrected chi connectivity index (χ0v) is 30.6. The molecule has 53 heavy (non-hydrogen) atoms. The zero-order valence-electron chi connectivity index (χ0n) is 30.6. The molecule has 2 aromatic heterocycles. The summed E-state index contributed by atoms with van der Waals surface area (Å²) in [6, 6.07) is 16.2. The van der Waals surface area contributed by atoms with Crippen molar-refractivity contribution in [2.24, 2.45) is 27.6 Å². The molecule has 11 nitrogen and oxygen atoms in total. The minimum atomic E-state index is -0.901. The molecule has 3 heterocycles. The van der Waals surface area contributed by atoms with E-state index in [1.165, 1.54) is 12.7 Å². The van der Waals surface area contributed by atoms with E-state index in [4.69, 9.17) is 9.15 Å². The number of allylic oxidation sites excluding steroid dienone is 4. The molecule has 2 saturated carbocycles. The van der Waals surface area contributed by atoms with Crippen molar-refractivity contribution in [2.45, 2.75) is 71.5 Å². The van der Waals surface area contributed by atoms with E-state index in [0.717, 1.165) is 19.3 Å². The van der Waals surface area contributed by atoms with Crippen molar-refractivity contribution in [2.75, 3.05) is 12.4 Å². The van der Waals surface area contributed by atoms with Crippen LogP contribution in [0.1, 0.15) is 81.3 Å². The van der Waals surface area contributed by atoms with Crippen LogP contribution >= 0.6 is 0 Å². The Bertz CT molecular complexity index is 2250. The number of imidazole rings is 1. The Morgan fingerprint density at radius 1 is 1.02 bits per heavy atom. The van der Waals surface area contributed by atoms with Crippen LogP contribution in [0, 0.1) is 27.6 Å². The van der Waals surface area contributed by atoms with Crippen LogP contribution in [0.3, 0.4) is 0 Å². The number of hydrogen-bond donors (Lipinski definition) is 3. The van der Waals surface area contributed by atoms with Gasteiger partial charge in [-0.1, -0.05) is 50.3 Å². The minimum Gasteiger partial charge on any atom is -0.504 e. The number of H-pyrrole nitrogens is 1. The summed E-state index contributed by atoms with van der Waals surface area (Å²) in [5.74, 6) is -0.112. The molecule has 1 aliphatic heterocycles. The Labute approximate surface area is 306 Å². The summed E-state index contributed by atoms with van der Waals surface area (Å²) in [7, 11) is 1.27. The molecule has 4 aliphatic carbocycles. The lowest BCUT2D eigenvalue weighted by molar-refractivity contribution is -0.162. The van der Waals surface area contributed by atoms with E-state index in [2.05, 4.69) is 33.9 Å². The van der Waals surface area contributed by atoms with Crippen LogP contribution < -0.4 is 5.32 Å². The van der Waals surface area contributed by atoms with Crippen LogP contribution in [0.5, 0.6) is 0 Å². The van der Waals surface area contributed by atoms with E-state index in [-0.39, 0.29) is 52.4 Å². The second kappa shape index (κ2) is 11.6. The first-order chi connectivity index (χ1) is 25.1. The van der Waals surface area contributed by atoms with Gasteiger partial charge >= 0.3 is 6.09 Å². The number of aromatic amines is 1. The van der Waals surface area contributed by atoms with Crippen molar-refractivity contribution in [1.29, 1.82) is 0 Å². The summed E-state index contributed by atoms with van der Waals surface area (Å²) in [6.45, 7) is 10.0. The lowest BCUT2D eigenvalue weighted by Crippen LogP contribution is -2.66. The van der Waals surface area contributed by atoms with Crippen molar-refractivity contribution in [3.63, 3.8) is 0 Å². The van der Waals surface area contributed by atoms with E-state index in [0.29, 0.717) is 27.7 Å². The fourth-order valence-electron chi connectivity index (χ4n) is 10.9. The molecule has 1 spiro atoms. The molecular weight excluding hydrogens is 674 g/mol. The number of Topliss-reactive ketones (excluding diaryl/α,β-unsaturated/α-hetero) is 1. The quantitative estimate of drug-likeness (QED) is 0.141. The molecule has 5 aliphatic rings. The fraction of sp³-hybridized carbons (Fsp3) is 0.405. The van der Waals surface area contributed by atoms with Crippen molar-refractivity contribution >= 4 is 40.4 Å². The number of rotatable bonds is 4. The molecule has 274 valence electrons. The third-order valence-electron chi connectivity index (χ3n) is 13.4. The predicted octanol–water partition coefficient (Wildman–Crippen LogP) is 7.87. The number of furan rings is 1. The molecule has 0 bridgehead atoms. The van der Waals surface area contributed by atoms with Crippen LogP contribution in [-0.2, 0) is 19.1 Å². The van der Waals surface area contributed by atoms with Gasteiger partial charge in [-0.05, 0) is 93.3 Å². The minimum absolute atomic E-state index is 0.00527. The average molecular weight is 718 g/mol. The summed E-state index contributed by atoms with van der Waals surface area (Å²) < 4.78 is 16.4. The maximum Gasteiger partial charge on any atom is 0.413 e. The van der Waals surface area contributed by atoms with Crippen LogP contribution in [0.2, 0.25) is 0 Å². The normalized spacial score (nSPS) is 33.2. The highest BCUT2D eigenvalue weighted by atomic mass is 16.6. The number of aromatic nitrogens is 2. The van der Waals surface area contributed by atoms with Crippen LogP contribution in [0.25, 0.3) is 11.0 Å². The van der Waals surface area contributed by atoms with E-state index < -0.39 is 27.9 Å². The number of benzene rings is 2. The smallest absolute Gasteiger partial charge is 0.413 e. The molecule has 1 amide bonds. The number of nitrogens with zero attached hydrogens (tertiary/aromatic N) is 1. The second-order valence-corrected chi connectivity index (χ2v) is 16.2. The molecule has 4 aromatic rings. The van der Waals surface area contributed by atoms with Gasteiger partial charge in [0.15, 0.2) is 17.3 Å². The summed E-state index contributed by atoms with van der Waals surface area (Å²) >= 11 is 0. The number of ketones is 3. The van der Waals surface area contributed by atoms with Gasteiger partial charge in [0.05, 0.1) is 47.6 Å². The molecule has 3 fully saturated rings. The molecule has 3 N–H and O–H groups in total. The predicted molar refractivity (Wildman–Crippen MR) is 195 cm³/mol. The lowest BCUT2D eigenvalue weighted by atomic mass is 9.39.